The number of carbonyl (C=O) groups excluding carboxylic acids is 8. The van der Waals surface area contributed by atoms with Crippen molar-refractivity contribution < 1.29 is 38.4 Å². The summed E-state index contributed by atoms with van der Waals surface area (Å²) in [6.07, 6.45) is 98.7. The van der Waals surface area contributed by atoms with Crippen molar-refractivity contribution in [3.8, 4) is 0 Å². The second kappa shape index (κ2) is 97.9. The Morgan fingerprint density at radius 1 is 0.144 bits per heavy atom. The van der Waals surface area contributed by atoms with Crippen LogP contribution < -0.4 is 0 Å². The van der Waals surface area contributed by atoms with Gasteiger partial charge in [0.25, 0.3) is 0 Å². The zero-order valence-corrected chi connectivity index (χ0v) is 89.6. The fourth-order valence-electron chi connectivity index (χ4n) is 19.6. The Morgan fingerprint density at radius 2 is 0.311 bits per heavy atom. The van der Waals surface area contributed by atoms with Crippen LogP contribution in [-0.4, -0.2) is 230 Å². The lowest BCUT2D eigenvalue weighted by molar-refractivity contribution is -0.134. The monoisotopic (exact) mass is 1860 g/mol. The molecule has 8 heterocycles. The standard InChI is InChI=1S/4C15H29NO.4C14H27NO/c2*1-2-3-4-5-6-7-8-9-12-16-13-10-15(17)11-14-16;2*1-2-3-4-5-6-7-8-9-12-16-13-10-11-15(17)14-16;2*1-2-3-4-5-6-7-9-12-15-13-10-8-11-14(15)16;2*1-2-3-4-5-6-7-8-11-15-12-9-10-14(16)13-15/h4*2-14H2,1H3;4*2-13H2,1H3. The summed E-state index contributed by atoms with van der Waals surface area (Å²) in [5.74, 6) is 3.44. The van der Waals surface area contributed by atoms with Crippen molar-refractivity contribution in [2.45, 2.75) is 556 Å². The van der Waals surface area contributed by atoms with Gasteiger partial charge in [-0.3, -0.25) is 58.0 Å². The largest absolute Gasteiger partial charge is 0.343 e. The molecule has 0 bridgehead atoms. The third-order valence-electron chi connectivity index (χ3n) is 28.5. The summed E-state index contributed by atoms with van der Waals surface area (Å²) in [7, 11) is 0. The maximum atomic E-state index is 11.5. The third kappa shape index (κ3) is 83.7. The lowest BCUT2D eigenvalue weighted by Gasteiger charge is -2.26. The summed E-state index contributed by atoms with van der Waals surface area (Å²) in [6, 6.07) is 0. The number of ketones is 6. The molecule has 8 fully saturated rings. The highest BCUT2D eigenvalue weighted by atomic mass is 16.2. The Kier molecular flexibility index (Phi) is 94.0. The van der Waals surface area contributed by atoms with Crippen LogP contribution in [0.4, 0.5) is 0 Å². The molecule has 132 heavy (non-hydrogen) atoms. The van der Waals surface area contributed by atoms with E-state index in [1.165, 1.54) is 411 Å². The van der Waals surface area contributed by atoms with Gasteiger partial charge in [-0.1, -0.05) is 389 Å². The number of rotatable bonds is 68. The Morgan fingerprint density at radius 3 is 0.485 bits per heavy atom. The first-order chi connectivity index (χ1) is 64.6. The number of carbonyl (C=O) groups is 8. The molecule has 776 valence electrons. The molecule has 0 aromatic rings. The van der Waals surface area contributed by atoms with Crippen molar-refractivity contribution in [1.29, 1.82) is 0 Å². The van der Waals surface area contributed by atoms with Crippen LogP contribution in [0, 0.1) is 0 Å². The second-order valence-corrected chi connectivity index (χ2v) is 41.5. The lowest BCUT2D eigenvalue weighted by atomic mass is 10.1. The molecule has 8 aliphatic heterocycles. The molecular formula is C116H224N8O8. The lowest BCUT2D eigenvalue weighted by Crippen LogP contribution is -2.36. The van der Waals surface area contributed by atoms with Gasteiger partial charge in [0.15, 0.2) is 0 Å². The molecule has 16 nitrogen and oxygen atoms in total. The van der Waals surface area contributed by atoms with Gasteiger partial charge >= 0.3 is 0 Å². The number of likely N-dealkylation sites (tertiary alicyclic amines) is 8. The van der Waals surface area contributed by atoms with Crippen LogP contribution in [0.3, 0.4) is 0 Å². The van der Waals surface area contributed by atoms with E-state index in [0.717, 1.165) is 234 Å². The molecule has 2 amide bonds. The highest BCUT2D eigenvalue weighted by molar-refractivity contribution is 5.83. The van der Waals surface area contributed by atoms with Crippen LogP contribution >= 0.6 is 0 Å². The molecule has 0 N–H and O–H groups in total. The van der Waals surface area contributed by atoms with Gasteiger partial charge in [-0.2, -0.15) is 0 Å². The molecule has 0 aromatic carbocycles. The molecule has 0 aliphatic carbocycles. The molecule has 8 saturated heterocycles. The van der Waals surface area contributed by atoms with Gasteiger partial charge in [0, 0.05) is 117 Å². The normalized spacial score (nSPS) is 17.5. The highest BCUT2D eigenvalue weighted by Crippen LogP contribution is 2.21. The number of nitrogens with zero attached hydrogens (tertiary/aromatic N) is 8. The Hall–Kier alpha value is -3.28. The minimum absolute atomic E-state index is 0.386. The average molecular weight is 1860 g/mol. The third-order valence-corrected chi connectivity index (χ3v) is 28.5. The van der Waals surface area contributed by atoms with E-state index in [2.05, 4.69) is 94.6 Å². The van der Waals surface area contributed by atoms with E-state index in [1.54, 1.807) is 0 Å². The Labute approximate surface area is 819 Å². The molecular weight excluding hydrogens is 1630 g/mol. The van der Waals surface area contributed by atoms with Crippen molar-refractivity contribution in [2.24, 2.45) is 0 Å². The molecule has 0 atom stereocenters. The van der Waals surface area contributed by atoms with E-state index >= 15 is 0 Å². The van der Waals surface area contributed by atoms with Crippen molar-refractivity contribution in [1.82, 2.24) is 39.2 Å². The fraction of sp³-hybridized carbons (Fsp3) is 0.931. The summed E-state index contributed by atoms with van der Waals surface area (Å²) in [4.78, 5) is 109. The van der Waals surface area contributed by atoms with Crippen LogP contribution in [0.5, 0.6) is 0 Å². The Balaban J connectivity index is 0.000000754. The smallest absolute Gasteiger partial charge is 0.222 e. The van der Waals surface area contributed by atoms with Gasteiger partial charge in [0.05, 0.1) is 26.2 Å². The maximum Gasteiger partial charge on any atom is 0.222 e. The van der Waals surface area contributed by atoms with Crippen LogP contribution in [-0.2, 0) is 38.4 Å². The molecule has 0 unspecified atom stereocenters. The zero-order chi connectivity index (χ0) is 95.9. The molecule has 8 rings (SSSR count). The van der Waals surface area contributed by atoms with Gasteiger partial charge in [-0.05, 0) is 168 Å². The molecule has 0 aromatic heterocycles. The summed E-state index contributed by atoms with van der Waals surface area (Å²) >= 11 is 0. The topological polar surface area (TPSA) is 162 Å². The SMILES string of the molecule is CCCCCCCCCCN1CCC(=O)CC1.CCCCCCCCCCN1CCC(=O)CC1.CCCCCCCCCCN1CCCC(=O)C1.CCCCCCCCCCN1CCCC(=O)C1.CCCCCCCCCN1CCCC(=O)C1.CCCCCCCCCN1CCCC(=O)C1.CCCCCCCCCN1CCCCC1=O.CCCCCCCCCN1CCCCC1=O. The van der Waals surface area contributed by atoms with Gasteiger partial charge in [-0.25, -0.2) is 0 Å². The van der Waals surface area contributed by atoms with Crippen LogP contribution in [0.15, 0.2) is 0 Å². The molecule has 16 heteroatoms. The minimum Gasteiger partial charge on any atom is -0.343 e. The number of hydrogen-bond acceptors (Lipinski definition) is 14. The molecule has 0 radical (unpaired) electrons. The van der Waals surface area contributed by atoms with E-state index in [0.29, 0.717) is 46.5 Å². The van der Waals surface area contributed by atoms with Crippen LogP contribution in [0.2, 0.25) is 0 Å². The van der Waals surface area contributed by atoms with E-state index in [9.17, 15) is 38.4 Å². The van der Waals surface area contributed by atoms with Crippen molar-refractivity contribution in [2.75, 3.05) is 144 Å². The first-order valence-electron chi connectivity index (χ1n) is 58.6. The molecule has 8 aliphatic rings. The number of amides is 2. The molecule has 0 saturated carbocycles. The quantitative estimate of drug-likeness (QED) is 0.0529. The summed E-state index contributed by atoms with van der Waals surface area (Å²) < 4.78 is 0. The number of hydrogen-bond donors (Lipinski definition) is 0. The maximum absolute atomic E-state index is 11.5. The van der Waals surface area contributed by atoms with Crippen molar-refractivity contribution >= 4 is 46.5 Å². The van der Waals surface area contributed by atoms with Gasteiger partial charge in [-0.15, -0.1) is 0 Å². The van der Waals surface area contributed by atoms with Crippen molar-refractivity contribution in [3.63, 3.8) is 0 Å². The molecule has 0 spiro atoms. The summed E-state index contributed by atoms with van der Waals surface area (Å²) in [5, 5.41) is 0. The number of Topliss-reactive ketones (excluding diaryl/α,β-unsaturated/α-hetero) is 6. The van der Waals surface area contributed by atoms with Crippen molar-refractivity contribution in [3.05, 3.63) is 0 Å². The first kappa shape index (κ1) is 127. The van der Waals surface area contributed by atoms with Gasteiger partial charge in [0.2, 0.25) is 11.8 Å². The predicted octanol–water partition coefficient (Wildman–Crippen LogP) is 29.5. The van der Waals surface area contributed by atoms with Crippen LogP contribution in [0.1, 0.15) is 556 Å². The van der Waals surface area contributed by atoms with E-state index in [1.807, 2.05) is 0 Å². The van der Waals surface area contributed by atoms with Gasteiger partial charge < -0.3 is 19.6 Å². The summed E-state index contributed by atoms with van der Waals surface area (Å²) in [6.45, 7) is 40.6. The first-order valence-corrected chi connectivity index (χ1v) is 58.6. The second-order valence-electron chi connectivity index (χ2n) is 41.5. The van der Waals surface area contributed by atoms with E-state index < -0.39 is 0 Å². The Bertz CT molecular complexity index is 2420. The summed E-state index contributed by atoms with van der Waals surface area (Å²) in [5.41, 5.74) is 0. The minimum atomic E-state index is 0.386. The van der Waals surface area contributed by atoms with Crippen LogP contribution in [0.25, 0.3) is 0 Å². The fourth-order valence-corrected chi connectivity index (χ4v) is 19.6. The van der Waals surface area contributed by atoms with E-state index in [4.69, 9.17) is 0 Å². The number of unbranched alkanes of at least 4 members (excludes halogenated alkanes) is 52. The predicted molar refractivity (Wildman–Crippen MR) is 567 cm³/mol. The van der Waals surface area contributed by atoms with Gasteiger partial charge in [0.1, 0.15) is 34.7 Å². The zero-order valence-electron chi connectivity index (χ0n) is 89.6. The van der Waals surface area contributed by atoms with E-state index in [-0.39, 0.29) is 0 Å². The highest BCUT2D eigenvalue weighted by Gasteiger charge is 2.23. The average Bonchev–Trinajstić information content (AvgIpc) is 0.921. The number of piperidine rings is 8.